The zero-order chi connectivity index (χ0) is 19.5. The van der Waals surface area contributed by atoms with Gasteiger partial charge in [-0.1, -0.05) is 36.2 Å². The topological polar surface area (TPSA) is 45.5 Å². The molecule has 0 aliphatic carbocycles. The van der Waals surface area contributed by atoms with Crippen molar-refractivity contribution in [1.29, 1.82) is 0 Å². The molecule has 0 bridgehead atoms. The van der Waals surface area contributed by atoms with Gasteiger partial charge in [0.05, 0.1) is 12.3 Å². The van der Waals surface area contributed by atoms with Crippen molar-refractivity contribution in [3.05, 3.63) is 75.5 Å². The van der Waals surface area contributed by atoms with Crippen LogP contribution in [0.15, 0.2) is 53.1 Å². The molecule has 3 aromatic rings. The second-order valence-electron chi connectivity index (χ2n) is 7.09. The Morgan fingerprint density at radius 3 is 2.64 bits per heavy atom. The Morgan fingerprint density at radius 2 is 1.93 bits per heavy atom. The van der Waals surface area contributed by atoms with Crippen LogP contribution >= 0.6 is 22.9 Å². The molecule has 0 radical (unpaired) electrons. The lowest BCUT2D eigenvalue weighted by atomic mass is 9.96. The summed E-state index contributed by atoms with van der Waals surface area (Å²) in [4.78, 5) is 16.2. The van der Waals surface area contributed by atoms with Crippen LogP contribution in [0.4, 0.5) is 5.00 Å². The molecule has 146 valence electrons. The molecule has 1 N–H and O–H groups in total. The lowest BCUT2D eigenvalue weighted by Gasteiger charge is -2.35. The minimum absolute atomic E-state index is 0.0193. The minimum atomic E-state index is -0.232. The summed E-state index contributed by atoms with van der Waals surface area (Å²) in [7, 11) is 0. The molecule has 1 unspecified atom stereocenters. The van der Waals surface area contributed by atoms with E-state index in [0.29, 0.717) is 5.76 Å². The van der Waals surface area contributed by atoms with Crippen molar-refractivity contribution < 1.29 is 9.21 Å². The number of halogens is 1. The number of hydrogen-bond acceptors (Lipinski definition) is 4. The Hall–Kier alpha value is -2.08. The first-order valence-electron chi connectivity index (χ1n) is 9.57. The first-order valence-corrected chi connectivity index (χ1v) is 10.8. The van der Waals surface area contributed by atoms with Gasteiger partial charge in [0.25, 0.3) is 5.91 Å². The summed E-state index contributed by atoms with van der Waals surface area (Å²) in [5, 5.41) is 4.67. The van der Waals surface area contributed by atoms with Gasteiger partial charge in [0, 0.05) is 15.5 Å². The maximum atomic E-state index is 12.6. The van der Waals surface area contributed by atoms with Gasteiger partial charge in [0.1, 0.15) is 5.00 Å². The molecular formula is C22H23ClN2O2S. The maximum absolute atomic E-state index is 12.6. The molecule has 0 spiro atoms. The summed E-state index contributed by atoms with van der Waals surface area (Å²) in [5.41, 5.74) is 2.18. The number of aryl methyl sites for hydroxylation is 1. The van der Waals surface area contributed by atoms with Gasteiger partial charge >= 0.3 is 0 Å². The molecule has 28 heavy (non-hydrogen) atoms. The summed E-state index contributed by atoms with van der Waals surface area (Å²) in [6.45, 7) is 4.11. The van der Waals surface area contributed by atoms with Crippen molar-refractivity contribution in [2.45, 2.75) is 32.2 Å². The molecule has 1 aliphatic rings. The van der Waals surface area contributed by atoms with Crippen LogP contribution in [0.1, 0.15) is 51.9 Å². The zero-order valence-electron chi connectivity index (χ0n) is 15.8. The number of rotatable bonds is 5. The van der Waals surface area contributed by atoms with Crippen molar-refractivity contribution in [2.24, 2.45) is 0 Å². The van der Waals surface area contributed by atoms with E-state index in [0.717, 1.165) is 39.1 Å². The van der Waals surface area contributed by atoms with Crippen LogP contribution in [0.25, 0.3) is 0 Å². The van der Waals surface area contributed by atoms with E-state index < -0.39 is 0 Å². The van der Waals surface area contributed by atoms with Crippen LogP contribution in [0.5, 0.6) is 0 Å². The van der Waals surface area contributed by atoms with Crippen LogP contribution in [-0.4, -0.2) is 23.9 Å². The van der Waals surface area contributed by atoms with E-state index in [4.69, 9.17) is 16.0 Å². The molecule has 4 rings (SSSR count). The summed E-state index contributed by atoms with van der Waals surface area (Å²) in [5.74, 6) is 0.0777. The van der Waals surface area contributed by atoms with Gasteiger partial charge in [-0.15, -0.1) is 11.3 Å². The van der Waals surface area contributed by atoms with E-state index in [-0.39, 0.29) is 11.9 Å². The molecular weight excluding hydrogens is 392 g/mol. The van der Waals surface area contributed by atoms with Gasteiger partial charge < -0.3 is 9.73 Å². The van der Waals surface area contributed by atoms with Gasteiger partial charge in [0.2, 0.25) is 0 Å². The number of anilines is 1. The molecule has 1 saturated heterocycles. The molecule has 1 amide bonds. The van der Waals surface area contributed by atoms with Gasteiger partial charge in [-0.3, -0.25) is 9.69 Å². The maximum Gasteiger partial charge on any atom is 0.291 e. The molecule has 6 heteroatoms. The van der Waals surface area contributed by atoms with E-state index in [1.54, 1.807) is 23.5 Å². The monoisotopic (exact) mass is 414 g/mol. The predicted octanol–water partition coefficient (Wildman–Crippen LogP) is 6.13. The third-order valence-corrected chi connectivity index (χ3v) is 6.43. The van der Waals surface area contributed by atoms with Gasteiger partial charge in [-0.05, 0) is 62.7 Å². The average molecular weight is 415 g/mol. The Bertz CT molecular complexity index is 945. The smallest absolute Gasteiger partial charge is 0.291 e. The molecule has 1 aromatic carbocycles. The number of carbonyl (C=O) groups is 1. The molecule has 1 fully saturated rings. The van der Waals surface area contributed by atoms with E-state index in [1.807, 2.05) is 18.2 Å². The lowest BCUT2D eigenvalue weighted by Crippen LogP contribution is -2.34. The van der Waals surface area contributed by atoms with Crippen LogP contribution in [-0.2, 0) is 0 Å². The Kier molecular flexibility index (Phi) is 5.85. The number of furan rings is 1. The summed E-state index contributed by atoms with van der Waals surface area (Å²) >= 11 is 8.20. The number of nitrogens with zero attached hydrogens (tertiary/aromatic N) is 1. The highest BCUT2D eigenvalue weighted by Crippen LogP contribution is 2.42. The number of thiophene rings is 1. The van der Waals surface area contributed by atoms with Crippen LogP contribution in [0.3, 0.4) is 0 Å². The third-order valence-electron chi connectivity index (χ3n) is 5.11. The summed E-state index contributed by atoms with van der Waals surface area (Å²) < 4.78 is 5.26. The lowest BCUT2D eigenvalue weighted by molar-refractivity contribution is 0.0996. The van der Waals surface area contributed by atoms with Gasteiger partial charge in [0.15, 0.2) is 5.76 Å². The van der Waals surface area contributed by atoms with E-state index in [9.17, 15) is 4.79 Å². The summed E-state index contributed by atoms with van der Waals surface area (Å²) in [6.07, 6.45) is 5.13. The van der Waals surface area contributed by atoms with E-state index in [2.05, 4.69) is 29.3 Å². The number of hydrogen-bond donors (Lipinski definition) is 1. The predicted molar refractivity (Wildman–Crippen MR) is 114 cm³/mol. The quantitative estimate of drug-likeness (QED) is 0.546. The van der Waals surface area contributed by atoms with Crippen LogP contribution in [0, 0.1) is 6.92 Å². The largest absolute Gasteiger partial charge is 0.459 e. The third kappa shape index (κ3) is 4.02. The highest BCUT2D eigenvalue weighted by atomic mass is 35.5. The van der Waals surface area contributed by atoms with Crippen molar-refractivity contribution in [1.82, 2.24) is 4.90 Å². The number of carbonyl (C=O) groups excluding carboxylic acids is 1. The minimum Gasteiger partial charge on any atom is -0.459 e. The highest BCUT2D eigenvalue weighted by molar-refractivity contribution is 7.16. The van der Waals surface area contributed by atoms with Crippen molar-refractivity contribution in [3.8, 4) is 0 Å². The second-order valence-corrected chi connectivity index (χ2v) is 8.76. The normalized spacial score (nSPS) is 16.1. The fourth-order valence-electron chi connectivity index (χ4n) is 3.84. The molecule has 1 aliphatic heterocycles. The zero-order valence-corrected chi connectivity index (χ0v) is 17.4. The van der Waals surface area contributed by atoms with Gasteiger partial charge in [-0.25, -0.2) is 0 Å². The van der Waals surface area contributed by atoms with Crippen molar-refractivity contribution >= 4 is 33.8 Å². The van der Waals surface area contributed by atoms with Crippen molar-refractivity contribution in [2.75, 3.05) is 18.4 Å². The van der Waals surface area contributed by atoms with Crippen molar-refractivity contribution in [3.63, 3.8) is 0 Å². The molecule has 1 atom stereocenters. The molecule has 4 nitrogen and oxygen atoms in total. The highest BCUT2D eigenvalue weighted by Gasteiger charge is 2.29. The second kappa shape index (κ2) is 8.52. The van der Waals surface area contributed by atoms with E-state index in [1.165, 1.54) is 25.5 Å². The number of likely N-dealkylation sites (tertiary alicyclic amines) is 1. The van der Waals surface area contributed by atoms with Gasteiger partial charge in [-0.2, -0.15) is 0 Å². The Balaban J connectivity index is 1.74. The fraction of sp³-hybridized carbons (Fsp3) is 0.318. The number of nitrogens with one attached hydrogen (secondary N) is 1. The average Bonchev–Trinajstić information content (AvgIpc) is 3.35. The first kappa shape index (κ1) is 19.2. The number of piperidine rings is 1. The number of benzene rings is 1. The Labute approximate surface area is 174 Å². The molecule has 0 saturated carbocycles. The molecule has 3 heterocycles. The first-order chi connectivity index (χ1) is 13.6. The standard InChI is InChI=1S/C22H23ClN2O2S/c1-15-14-17(22(28-15)24-21(26)19-10-7-13-27-19)20(25-11-5-2-6-12-25)16-8-3-4-9-18(16)23/h3-4,7-10,13-14,20H,2,5-6,11-12H2,1H3,(H,24,26). The Morgan fingerprint density at radius 1 is 1.14 bits per heavy atom. The fourth-order valence-corrected chi connectivity index (χ4v) is 5.02. The summed E-state index contributed by atoms with van der Waals surface area (Å²) in [6, 6.07) is 13.6. The SMILES string of the molecule is Cc1cc(C(c2ccccc2Cl)N2CCCCC2)c(NC(=O)c2ccco2)s1. The number of amides is 1. The molecule has 2 aromatic heterocycles. The van der Waals surface area contributed by atoms with Crippen LogP contribution < -0.4 is 5.32 Å². The van der Waals surface area contributed by atoms with Crippen LogP contribution in [0.2, 0.25) is 5.02 Å². The van der Waals surface area contributed by atoms with E-state index >= 15 is 0 Å².